The van der Waals surface area contributed by atoms with Crippen LogP contribution in [0.5, 0.6) is 0 Å². The molecule has 0 saturated heterocycles. The Bertz CT molecular complexity index is 443. The lowest BCUT2D eigenvalue weighted by Gasteiger charge is -2.27. The zero-order valence-electron chi connectivity index (χ0n) is 13.8. The van der Waals surface area contributed by atoms with Gasteiger partial charge in [-0.25, -0.2) is 0 Å². The van der Waals surface area contributed by atoms with Gasteiger partial charge in [-0.2, -0.15) is 4.98 Å². The van der Waals surface area contributed by atoms with Crippen molar-refractivity contribution in [1.29, 1.82) is 0 Å². The quantitative estimate of drug-likeness (QED) is 0.857. The first-order valence-electron chi connectivity index (χ1n) is 8.11. The van der Waals surface area contributed by atoms with E-state index in [1.165, 1.54) is 12.8 Å². The second-order valence-corrected chi connectivity index (χ2v) is 7.23. The van der Waals surface area contributed by atoms with Gasteiger partial charge >= 0.3 is 0 Å². The predicted molar refractivity (Wildman–Crippen MR) is 81.7 cm³/mol. The summed E-state index contributed by atoms with van der Waals surface area (Å²) in [5.41, 5.74) is 6.00. The number of nitrogens with zero attached hydrogens (tertiary/aromatic N) is 2. The van der Waals surface area contributed by atoms with Crippen molar-refractivity contribution in [2.24, 2.45) is 11.1 Å². The first-order valence-corrected chi connectivity index (χ1v) is 8.11. The maximum Gasteiger partial charge on any atom is 0.246 e. The predicted octanol–water partition coefficient (Wildman–Crippen LogP) is 3.70. The molecule has 0 radical (unpaired) electrons. The largest absolute Gasteiger partial charge is 0.370 e. The summed E-state index contributed by atoms with van der Waals surface area (Å²) in [6.07, 6.45) is 6.40. The third-order valence-corrected chi connectivity index (χ3v) is 4.22. The van der Waals surface area contributed by atoms with E-state index in [4.69, 9.17) is 15.0 Å². The van der Waals surface area contributed by atoms with Gasteiger partial charge in [-0.15, -0.1) is 0 Å². The number of hydrogen-bond acceptors (Lipinski definition) is 5. The summed E-state index contributed by atoms with van der Waals surface area (Å²) in [7, 11) is 0. The molecule has 0 spiro atoms. The summed E-state index contributed by atoms with van der Waals surface area (Å²) in [5.74, 6) is 1.20. The van der Waals surface area contributed by atoms with E-state index in [9.17, 15) is 0 Å². The van der Waals surface area contributed by atoms with Crippen LogP contribution in [0.4, 0.5) is 0 Å². The minimum Gasteiger partial charge on any atom is -0.370 e. The molecule has 1 aliphatic rings. The molecule has 1 aliphatic carbocycles. The smallest absolute Gasteiger partial charge is 0.246 e. The third kappa shape index (κ3) is 3.83. The lowest BCUT2D eigenvalue weighted by atomic mass is 9.88. The van der Waals surface area contributed by atoms with Crippen molar-refractivity contribution in [3.05, 3.63) is 11.7 Å². The van der Waals surface area contributed by atoms with E-state index >= 15 is 0 Å². The fourth-order valence-electron chi connectivity index (χ4n) is 3.00. The molecule has 5 nitrogen and oxygen atoms in total. The fourth-order valence-corrected chi connectivity index (χ4v) is 3.00. The molecule has 1 saturated carbocycles. The highest BCUT2D eigenvalue weighted by molar-refractivity contribution is 5.05. The van der Waals surface area contributed by atoms with Crippen molar-refractivity contribution in [2.45, 2.75) is 77.9 Å². The molecule has 1 aromatic heterocycles. The van der Waals surface area contributed by atoms with E-state index in [1.54, 1.807) is 0 Å². The highest BCUT2D eigenvalue weighted by atomic mass is 16.5. The summed E-state index contributed by atoms with van der Waals surface area (Å²) in [4.78, 5) is 4.60. The molecule has 2 rings (SSSR count). The van der Waals surface area contributed by atoms with E-state index in [0.29, 0.717) is 18.3 Å². The first-order chi connectivity index (χ1) is 9.87. The maximum atomic E-state index is 6.54. The molecule has 1 heterocycles. The van der Waals surface area contributed by atoms with Gasteiger partial charge in [-0.1, -0.05) is 51.6 Å². The number of ether oxygens (including phenoxy) is 1. The van der Waals surface area contributed by atoms with Crippen LogP contribution in [0.3, 0.4) is 0 Å². The topological polar surface area (TPSA) is 74.2 Å². The van der Waals surface area contributed by atoms with Gasteiger partial charge in [0.2, 0.25) is 11.7 Å². The van der Waals surface area contributed by atoms with Crippen LogP contribution in [0.25, 0.3) is 0 Å². The minimum absolute atomic E-state index is 0.0810. The Morgan fingerprint density at radius 2 is 1.86 bits per heavy atom. The standard InChI is InChI=1S/C16H29N3O2/c1-5-20-12(15(2,3)4)13-18-14(21-19-13)16(17)10-8-6-7-9-11-16/h12H,5-11,17H2,1-4H3. The van der Waals surface area contributed by atoms with Gasteiger partial charge in [-0.05, 0) is 25.2 Å². The van der Waals surface area contributed by atoms with Crippen LogP contribution in [0, 0.1) is 5.41 Å². The second-order valence-electron chi connectivity index (χ2n) is 7.23. The van der Waals surface area contributed by atoms with Crippen LogP contribution >= 0.6 is 0 Å². The van der Waals surface area contributed by atoms with Gasteiger partial charge in [0.25, 0.3) is 0 Å². The molecule has 21 heavy (non-hydrogen) atoms. The van der Waals surface area contributed by atoms with Crippen LogP contribution in [0.15, 0.2) is 4.52 Å². The molecule has 1 fully saturated rings. The van der Waals surface area contributed by atoms with E-state index in [2.05, 4.69) is 30.9 Å². The molecule has 120 valence electrons. The molecular weight excluding hydrogens is 266 g/mol. The van der Waals surface area contributed by atoms with E-state index < -0.39 is 5.54 Å². The molecule has 5 heteroatoms. The molecule has 0 amide bonds. The van der Waals surface area contributed by atoms with Crippen molar-refractivity contribution in [2.75, 3.05) is 6.61 Å². The van der Waals surface area contributed by atoms with Gasteiger partial charge < -0.3 is 15.0 Å². The summed E-state index contributed by atoms with van der Waals surface area (Å²) in [5, 5.41) is 4.16. The summed E-state index contributed by atoms with van der Waals surface area (Å²) < 4.78 is 11.3. The lowest BCUT2D eigenvalue weighted by molar-refractivity contribution is -0.0203. The van der Waals surface area contributed by atoms with Gasteiger partial charge in [0.1, 0.15) is 6.10 Å². The highest BCUT2D eigenvalue weighted by Crippen LogP contribution is 2.37. The molecule has 1 aromatic rings. The Kier molecular flexibility index (Phi) is 5.04. The molecule has 2 N–H and O–H groups in total. The lowest BCUT2D eigenvalue weighted by Crippen LogP contribution is -2.36. The Balaban J connectivity index is 2.23. The van der Waals surface area contributed by atoms with E-state index in [0.717, 1.165) is 25.7 Å². The second kappa shape index (κ2) is 6.44. The fraction of sp³-hybridized carbons (Fsp3) is 0.875. The van der Waals surface area contributed by atoms with Crippen molar-refractivity contribution in [3.63, 3.8) is 0 Å². The molecule has 0 aliphatic heterocycles. The normalized spacial score (nSPS) is 21.0. The van der Waals surface area contributed by atoms with Gasteiger partial charge in [0.05, 0.1) is 5.54 Å². The van der Waals surface area contributed by atoms with Gasteiger partial charge in [0, 0.05) is 6.61 Å². The van der Waals surface area contributed by atoms with Crippen molar-refractivity contribution >= 4 is 0 Å². The summed E-state index contributed by atoms with van der Waals surface area (Å²) >= 11 is 0. The third-order valence-electron chi connectivity index (χ3n) is 4.22. The van der Waals surface area contributed by atoms with Crippen LogP contribution < -0.4 is 5.73 Å². The SMILES string of the molecule is CCOC(c1noc(C2(N)CCCCCC2)n1)C(C)(C)C. The van der Waals surface area contributed by atoms with Crippen molar-refractivity contribution in [3.8, 4) is 0 Å². The molecular formula is C16H29N3O2. The van der Waals surface area contributed by atoms with Gasteiger partial charge in [0.15, 0.2) is 0 Å². The molecule has 1 atom stereocenters. The summed E-state index contributed by atoms with van der Waals surface area (Å²) in [6, 6.07) is 0. The van der Waals surface area contributed by atoms with Crippen molar-refractivity contribution in [1.82, 2.24) is 10.1 Å². The zero-order valence-corrected chi connectivity index (χ0v) is 13.8. The Morgan fingerprint density at radius 3 is 2.38 bits per heavy atom. The van der Waals surface area contributed by atoms with Crippen LogP contribution in [-0.2, 0) is 10.3 Å². The average molecular weight is 295 g/mol. The number of hydrogen-bond donors (Lipinski definition) is 1. The maximum absolute atomic E-state index is 6.54. The molecule has 0 aromatic carbocycles. The Morgan fingerprint density at radius 1 is 1.24 bits per heavy atom. The van der Waals surface area contributed by atoms with Crippen LogP contribution in [0.1, 0.15) is 84.0 Å². The minimum atomic E-state index is -0.462. The molecule has 1 unspecified atom stereocenters. The summed E-state index contributed by atoms with van der Waals surface area (Å²) in [6.45, 7) is 8.96. The number of nitrogens with two attached hydrogens (primary N) is 1. The van der Waals surface area contributed by atoms with E-state index in [1.807, 2.05) is 6.92 Å². The Labute approximate surface area is 127 Å². The van der Waals surface area contributed by atoms with Crippen molar-refractivity contribution < 1.29 is 9.26 Å². The zero-order chi connectivity index (χ0) is 15.5. The molecule has 0 bridgehead atoms. The Hall–Kier alpha value is -0.940. The monoisotopic (exact) mass is 295 g/mol. The highest BCUT2D eigenvalue weighted by Gasteiger charge is 2.37. The average Bonchev–Trinajstić information content (AvgIpc) is 2.78. The van der Waals surface area contributed by atoms with Crippen LogP contribution in [0.2, 0.25) is 0 Å². The van der Waals surface area contributed by atoms with Gasteiger partial charge in [-0.3, -0.25) is 0 Å². The van der Waals surface area contributed by atoms with E-state index in [-0.39, 0.29) is 11.5 Å². The number of aromatic nitrogens is 2. The van der Waals surface area contributed by atoms with Crippen LogP contribution in [-0.4, -0.2) is 16.7 Å². The number of rotatable bonds is 4. The first kappa shape index (κ1) is 16.4.